The predicted octanol–water partition coefficient (Wildman–Crippen LogP) is 5.64. The Balaban J connectivity index is 1.90. The van der Waals surface area contributed by atoms with E-state index in [4.69, 9.17) is 5.10 Å². The number of unbranched alkanes of at least 4 members (excludes halogenated alkanes) is 1. The van der Waals surface area contributed by atoms with Gasteiger partial charge in [-0.25, -0.2) is 9.80 Å². The van der Waals surface area contributed by atoms with E-state index < -0.39 is 5.54 Å². The van der Waals surface area contributed by atoms with Crippen molar-refractivity contribution in [1.82, 2.24) is 5.01 Å². The lowest BCUT2D eigenvalue weighted by molar-refractivity contribution is 0.158. The minimum Gasteiger partial charge on any atom is -0.306 e. The van der Waals surface area contributed by atoms with Crippen molar-refractivity contribution >= 4 is 17.4 Å². The van der Waals surface area contributed by atoms with Gasteiger partial charge in [0.25, 0.3) is 0 Å². The summed E-state index contributed by atoms with van der Waals surface area (Å²) in [6, 6.07) is 19.7. The van der Waals surface area contributed by atoms with Crippen LogP contribution < -0.4 is 5.32 Å². The van der Waals surface area contributed by atoms with E-state index in [0.717, 1.165) is 30.7 Å². The van der Waals surface area contributed by atoms with E-state index in [-0.39, 0.29) is 11.9 Å². The third kappa shape index (κ3) is 3.64. The number of hydrogen-bond acceptors (Lipinski definition) is 2. The number of amides is 2. The van der Waals surface area contributed by atoms with Gasteiger partial charge in [0.1, 0.15) is 0 Å². The topological polar surface area (TPSA) is 44.7 Å². The molecule has 1 aliphatic rings. The molecule has 0 saturated heterocycles. The van der Waals surface area contributed by atoms with Crippen LogP contribution in [0.3, 0.4) is 0 Å². The van der Waals surface area contributed by atoms with Gasteiger partial charge >= 0.3 is 6.03 Å². The highest BCUT2D eigenvalue weighted by Crippen LogP contribution is 2.41. The first kappa shape index (κ1) is 18.2. The molecule has 2 aromatic carbocycles. The summed E-state index contributed by atoms with van der Waals surface area (Å²) in [6.07, 6.45) is 3.10. The van der Waals surface area contributed by atoms with Crippen molar-refractivity contribution in [3.63, 3.8) is 0 Å². The number of carbonyl (C=O) groups is 1. The van der Waals surface area contributed by atoms with Crippen LogP contribution in [0.5, 0.6) is 0 Å². The molecule has 4 heteroatoms. The summed E-state index contributed by atoms with van der Waals surface area (Å²) in [4.78, 5) is 12.9. The normalized spacial score (nSPS) is 18.5. The van der Waals surface area contributed by atoms with Gasteiger partial charge in [-0.2, -0.15) is 5.10 Å². The second kappa shape index (κ2) is 7.73. The SMILES string of the molecule is CCCCC1=NN(C(=O)Nc2ccccc2)C(C)(C)C1c1ccccc1. The minimum atomic E-state index is -0.427. The van der Waals surface area contributed by atoms with Crippen molar-refractivity contribution in [3.8, 4) is 0 Å². The van der Waals surface area contributed by atoms with Crippen LogP contribution in [0, 0.1) is 0 Å². The summed E-state index contributed by atoms with van der Waals surface area (Å²) in [5, 5.41) is 9.37. The summed E-state index contributed by atoms with van der Waals surface area (Å²) < 4.78 is 0. The van der Waals surface area contributed by atoms with Crippen molar-refractivity contribution in [1.29, 1.82) is 0 Å². The molecule has 0 fully saturated rings. The molecule has 1 atom stereocenters. The smallest absolute Gasteiger partial charge is 0.306 e. The maximum absolute atomic E-state index is 12.9. The first-order valence-electron chi connectivity index (χ1n) is 9.32. The molecule has 0 radical (unpaired) electrons. The number of rotatable bonds is 5. The third-order valence-corrected chi connectivity index (χ3v) is 4.95. The molecule has 0 aliphatic carbocycles. The molecule has 0 aromatic heterocycles. The Morgan fingerprint density at radius 3 is 2.31 bits per heavy atom. The predicted molar refractivity (Wildman–Crippen MR) is 108 cm³/mol. The molecular weight excluding hydrogens is 322 g/mol. The van der Waals surface area contributed by atoms with Crippen LogP contribution in [0.15, 0.2) is 65.8 Å². The van der Waals surface area contributed by atoms with Gasteiger partial charge in [0, 0.05) is 17.3 Å². The summed E-state index contributed by atoms with van der Waals surface area (Å²) >= 11 is 0. The van der Waals surface area contributed by atoms with E-state index >= 15 is 0 Å². The molecular formula is C22H27N3O. The Labute approximate surface area is 155 Å². The molecule has 4 nitrogen and oxygen atoms in total. The van der Waals surface area contributed by atoms with Crippen LogP contribution in [-0.4, -0.2) is 22.3 Å². The Morgan fingerprint density at radius 1 is 1.08 bits per heavy atom. The number of nitrogens with zero attached hydrogens (tertiary/aromatic N) is 2. The van der Waals surface area contributed by atoms with Gasteiger partial charge in [-0.1, -0.05) is 61.9 Å². The van der Waals surface area contributed by atoms with Crippen LogP contribution >= 0.6 is 0 Å². The van der Waals surface area contributed by atoms with E-state index in [1.807, 2.05) is 36.4 Å². The first-order chi connectivity index (χ1) is 12.5. The van der Waals surface area contributed by atoms with Gasteiger partial charge in [0.05, 0.1) is 5.54 Å². The maximum atomic E-state index is 12.9. The van der Waals surface area contributed by atoms with Crippen molar-refractivity contribution in [2.45, 2.75) is 51.5 Å². The largest absolute Gasteiger partial charge is 0.342 e. The van der Waals surface area contributed by atoms with Gasteiger partial charge in [-0.3, -0.25) is 0 Å². The molecule has 0 saturated carbocycles. The highest BCUT2D eigenvalue weighted by Gasteiger charge is 2.47. The third-order valence-electron chi connectivity index (χ3n) is 4.95. The highest BCUT2D eigenvalue weighted by atomic mass is 16.2. The van der Waals surface area contributed by atoms with Crippen LogP contribution in [0.25, 0.3) is 0 Å². The van der Waals surface area contributed by atoms with Crippen molar-refractivity contribution in [2.24, 2.45) is 5.10 Å². The Morgan fingerprint density at radius 2 is 1.69 bits per heavy atom. The van der Waals surface area contributed by atoms with Crippen molar-refractivity contribution < 1.29 is 4.79 Å². The minimum absolute atomic E-state index is 0.108. The quantitative estimate of drug-likeness (QED) is 0.745. The molecule has 1 heterocycles. The Hall–Kier alpha value is -2.62. The number of nitrogens with one attached hydrogen (secondary N) is 1. The molecule has 1 unspecified atom stereocenters. The van der Waals surface area contributed by atoms with Gasteiger partial charge in [-0.05, 0) is 44.4 Å². The Bertz CT molecular complexity index is 768. The van der Waals surface area contributed by atoms with E-state index in [1.165, 1.54) is 5.56 Å². The second-order valence-corrected chi connectivity index (χ2v) is 7.30. The molecule has 2 amide bonds. The molecule has 26 heavy (non-hydrogen) atoms. The average Bonchev–Trinajstić information content (AvgIpc) is 2.92. The van der Waals surface area contributed by atoms with E-state index in [1.54, 1.807) is 5.01 Å². The molecule has 1 aliphatic heterocycles. The zero-order chi connectivity index (χ0) is 18.6. The fourth-order valence-electron chi connectivity index (χ4n) is 3.65. The lowest BCUT2D eigenvalue weighted by Crippen LogP contribution is -2.46. The van der Waals surface area contributed by atoms with E-state index in [9.17, 15) is 4.79 Å². The number of carbonyl (C=O) groups excluding carboxylic acids is 1. The van der Waals surface area contributed by atoms with Crippen LogP contribution in [0.1, 0.15) is 51.5 Å². The fourth-order valence-corrected chi connectivity index (χ4v) is 3.65. The summed E-state index contributed by atoms with van der Waals surface area (Å²) in [6.45, 7) is 6.37. The standard InChI is InChI=1S/C22H27N3O/c1-4-5-16-19-20(17-12-8-6-9-13-17)22(2,3)25(24-19)21(26)23-18-14-10-7-11-15-18/h6-15,20H,4-5,16H2,1-3H3,(H,23,26). The summed E-state index contributed by atoms with van der Waals surface area (Å²) in [7, 11) is 0. The van der Waals surface area contributed by atoms with Crippen LogP contribution in [0.4, 0.5) is 10.5 Å². The number of para-hydroxylation sites is 1. The number of urea groups is 1. The average molecular weight is 349 g/mol. The van der Waals surface area contributed by atoms with E-state index in [2.05, 4.69) is 50.4 Å². The molecule has 3 rings (SSSR count). The molecule has 0 spiro atoms. The van der Waals surface area contributed by atoms with E-state index in [0.29, 0.717) is 0 Å². The lowest BCUT2D eigenvalue weighted by Gasteiger charge is -2.34. The number of hydrazone groups is 1. The maximum Gasteiger partial charge on any atom is 0.342 e. The fraction of sp³-hybridized carbons (Fsp3) is 0.364. The second-order valence-electron chi connectivity index (χ2n) is 7.30. The monoisotopic (exact) mass is 349 g/mol. The zero-order valence-corrected chi connectivity index (χ0v) is 15.8. The first-order valence-corrected chi connectivity index (χ1v) is 9.32. The van der Waals surface area contributed by atoms with Crippen LogP contribution in [-0.2, 0) is 0 Å². The van der Waals surface area contributed by atoms with Crippen molar-refractivity contribution in [3.05, 3.63) is 66.2 Å². The van der Waals surface area contributed by atoms with Crippen molar-refractivity contribution in [2.75, 3.05) is 5.32 Å². The number of hydrogen-bond donors (Lipinski definition) is 1. The zero-order valence-electron chi connectivity index (χ0n) is 15.8. The molecule has 136 valence electrons. The van der Waals surface area contributed by atoms with Gasteiger partial charge in [0.2, 0.25) is 0 Å². The van der Waals surface area contributed by atoms with Gasteiger partial charge in [-0.15, -0.1) is 0 Å². The number of benzene rings is 2. The van der Waals surface area contributed by atoms with Crippen LogP contribution in [0.2, 0.25) is 0 Å². The highest BCUT2D eigenvalue weighted by molar-refractivity contribution is 5.98. The lowest BCUT2D eigenvalue weighted by atomic mass is 9.78. The van der Waals surface area contributed by atoms with Gasteiger partial charge < -0.3 is 5.32 Å². The number of anilines is 1. The molecule has 1 N–H and O–H groups in total. The molecule has 2 aromatic rings. The molecule has 0 bridgehead atoms. The summed E-state index contributed by atoms with van der Waals surface area (Å²) in [5.41, 5.74) is 2.65. The summed E-state index contributed by atoms with van der Waals surface area (Å²) in [5.74, 6) is 0.108. The Kier molecular flexibility index (Phi) is 5.40. The van der Waals surface area contributed by atoms with Gasteiger partial charge in [0.15, 0.2) is 0 Å².